The average Bonchev–Trinajstić information content (AvgIpc) is 3.21. The van der Waals surface area contributed by atoms with Crippen LogP contribution in [-0.2, 0) is 17.4 Å². The molecule has 3 rings (SSSR count). The number of alkyl halides is 3. The number of aryl methyl sites for hydroxylation is 1. The van der Waals surface area contributed by atoms with Crippen LogP contribution in [0.2, 0.25) is 0 Å². The van der Waals surface area contributed by atoms with Gasteiger partial charge in [0.05, 0.1) is 24.0 Å². The predicted octanol–water partition coefficient (Wildman–Crippen LogP) is 2.70. The third-order valence-corrected chi connectivity index (χ3v) is 4.39. The summed E-state index contributed by atoms with van der Waals surface area (Å²) in [5, 5.41) is 9.93. The van der Waals surface area contributed by atoms with Gasteiger partial charge in [0.2, 0.25) is 5.91 Å². The number of imidazole rings is 1. The Labute approximate surface area is 142 Å². The lowest BCUT2D eigenvalue weighted by Crippen LogP contribution is -2.32. The summed E-state index contributed by atoms with van der Waals surface area (Å²) in [6.45, 7) is 0.0403. The van der Waals surface area contributed by atoms with Crippen LogP contribution in [0.25, 0.3) is 0 Å². The molecule has 1 saturated heterocycles. The predicted molar refractivity (Wildman–Crippen MR) is 83.4 cm³/mol. The van der Waals surface area contributed by atoms with Gasteiger partial charge >= 0.3 is 6.18 Å². The number of amides is 1. The second-order valence-electron chi connectivity index (χ2n) is 6.11. The highest BCUT2D eigenvalue weighted by atomic mass is 19.4. The fourth-order valence-corrected chi connectivity index (χ4v) is 3.24. The number of likely N-dealkylation sites (tertiary alicyclic amines) is 1. The molecule has 0 aliphatic carbocycles. The van der Waals surface area contributed by atoms with Gasteiger partial charge in [-0.05, 0) is 24.5 Å². The zero-order chi connectivity index (χ0) is 18.0. The Kier molecular flexibility index (Phi) is 4.80. The van der Waals surface area contributed by atoms with Crippen molar-refractivity contribution in [3.8, 4) is 0 Å². The zero-order valence-corrected chi connectivity index (χ0v) is 13.3. The Balaban J connectivity index is 1.81. The first-order chi connectivity index (χ1) is 11.9. The Morgan fingerprint density at radius 3 is 2.80 bits per heavy atom. The lowest BCUT2D eigenvalue weighted by molar-refractivity contribution is -0.140. The molecule has 2 atom stereocenters. The summed E-state index contributed by atoms with van der Waals surface area (Å²) < 4.78 is 39.9. The first kappa shape index (κ1) is 17.5. The van der Waals surface area contributed by atoms with Crippen molar-refractivity contribution in [2.45, 2.75) is 37.6 Å². The highest BCUT2D eigenvalue weighted by molar-refractivity contribution is 5.77. The number of hydrogen-bond acceptors (Lipinski definition) is 3. The van der Waals surface area contributed by atoms with Crippen LogP contribution < -0.4 is 0 Å². The number of rotatable bonds is 4. The van der Waals surface area contributed by atoms with Crippen LogP contribution in [0, 0.1) is 0 Å². The van der Waals surface area contributed by atoms with Gasteiger partial charge < -0.3 is 15.0 Å². The second-order valence-corrected chi connectivity index (χ2v) is 6.11. The van der Waals surface area contributed by atoms with E-state index >= 15 is 0 Å². The molecule has 1 fully saturated rings. The number of β-amino-alcohol motifs (C(OH)–C–C–N with tert-alkyl or cyclic N) is 1. The fraction of sp³-hybridized carbons (Fsp3) is 0.412. The second kappa shape index (κ2) is 6.87. The number of carbonyl (C=O) groups excluding carboxylic acids is 1. The third kappa shape index (κ3) is 3.84. The molecule has 2 heterocycles. The van der Waals surface area contributed by atoms with Crippen molar-refractivity contribution in [2.24, 2.45) is 0 Å². The van der Waals surface area contributed by atoms with Crippen LogP contribution in [0.1, 0.15) is 35.7 Å². The minimum atomic E-state index is -4.51. The first-order valence-corrected chi connectivity index (χ1v) is 7.97. The van der Waals surface area contributed by atoms with E-state index < -0.39 is 23.9 Å². The van der Waals surface area contributed by atoms with Gasteiger partial charge in [-0.1, -0.05) is 18.2 Å². The fourth-order valence-electron chi connectivity index (χ4n) is 3.24. The van der Waals surface area contributed by atoms with E-state index in [9.17, 15) is 23.1 Å². The van der Waals surface area contributed by atoms with E-state index in [1.165, 1.54) is 29.4 Å². The van der Waals surface area contributed by atoms with Gasteiger partial charge in [0.25, 0.3) is 0 Å². The molecule has 1 aromatic carbocycles. The van der Waals surface area contributed by atoms with Crippen molar-refractivity contribution in [3.05, 3.63) is 53.6 Å². The van der Waals surface area contributed by atoms with Crippen molar-refractivity contribution >= 4 is 5.91 Å². The van der Waals surface area contributed by atoms with Gasteiger partial charge in [-0.3, -0.25) is 4.79 Å². The quantitative estimate of drug-likeness (QED) is 0.888. The number of halogens is 3. The first-order valence-electron chi connectivity index (χ1n) is 7.97. The van der Waals surface area contributed by atoms with E-state index in [-0.39, 0.29) is 30.9 Å². The largest absolute Gasteiger partial charge is 0.416 e. The molecule has 8 heteroatoms. The van der Waals surface area contributed by atoms with Crippen LogP contribution >= 0.6 is 0 Å². The molecule has 1 aromatic heterocycles. The van der Waals surface area contributed by atoms with Gasteiger partial charge in [-0.2, -0.15) is 13.2 Å². The lowest BCUT2D eigenvalue weighted by atomic mass is 9.97. The maximum atomic E-state index is 13.3. The molecule has 0 spiro atoms. The Hall–Kier alpha value is -2.35. The molecule has 0 radical (unpaired) electrons. The summed E-state index contributed by atoms with van der Waals surface area (Å²) in [6, 6.07) is 4.45. The smallest absolute Gasteiger partial charge is 0.391 e. The van der Waals surface area contributed by atoms with E-state index in [0.29, 0.717) is 6.42 Å². The molecular weight excluding hydrogens is 335 g/mol. The molecule has 1 aliphatic heterocycles. The van der Waals surface area contributed by atoms with Gasteiger partial charge in [0, 0.05) is 24.9 Å². The van der Waals surface area contributed by atoms with Gasteiger partial charge in [-0.15, -0.1) is 0 Å². The van der Waals surface area contributed by atoms with Crippen molar-refractivity contribution < 1.29 is 23.1 Å². The van der Waals surface area contributed by atoms with Crippen LogP contribution in [-0.4, -0.2) is 38.5 Å². The Bertz CT molecular complexity index is 731. The van der Waals surface area contributed by atoms with Crippen LogP contribution in [0.3, 0.4) is 0 Å². The number of hydrogen-bond donors (Lipinski definition) is 2. The monoisotopic (exact) mass is 353 g/mol. The SMILES string of the molecule is O=C(CCc1cnc[nH]1)N1C[C@@H](O)C[C@H]1c1ccccc1C(F)(F)F. The van der Waals surface area contributed by atoms with Crippen molar-refractivity contribution in [1.82, 2.24) is 14.9 Å². The van der Waals surface area contributed by atoms with E-state index in [0.717, 1.165) is 11.8 Å². The van der Waals surface area contributed by atoms with Gasteiger partial charge in [0.1, 0.15) is 0 Å². The number of aromatic nitrogens is 2. The Morgan fingerprint density at radius 2 is 2.12 bits per heavy atom. The van der Waals surface area contributed by atoms with Crippen LogP contribution in [0.15, 0.2) is 36.8 Å². The van der Waals surface area contributed by atoms with Crippen molar-refractivity contribution in [1.29, 1.82) is 0 Å². The van der Waals surface area contributed by atoms with E-state index in [4.69, 9.17) is 0 Å². The van der Waals surface area contributed by atoms with Gasteiger partial charge in [-0.25, -0.2) is 4.98 Å². The maximum Gasteiger partial charge on any atom is 0.416 e. The molecule has 0 unspecified atom stereocenters. The summed E-state index contributed by atoms with van der Waals surface area (Å²) in [5.41, 5.74) is 0.0437. The van der Waals surface area contributed by atoms with E-state index in [1.807, 2.05) is 0 Å². The minimum absolute atomic E-state index is 0.0291. The number of nitrogens with one attached hydrogen (secondary N) is 1. The van der Waals surface area contributed by atoms with E-state index in [2.05, 4.69) is 9.97 Å². The number of carbonyl (C=O) groups is 1. The maximum absolute atomic E-state index is 13.3. The molecule has 0 saturated carbocycles. The highest BCUT2D eigenvalue weighted by Crippen LogP contribution is 2.40. The normalized spacial score (nSPS) is 20.9. The summed E-state index contributed by atoms with van der Waals surface area (Å²) in [4.78, 5) is 20.6. The number of H-pyrrole nitrogens is 1. The third-order valence-electron chi connectivity index (χ3n) is 4.39. The molecule has 1 aliphatic rings. The van der Waals surface area contributed by atoms with E-state index in [1.54, 1.807) is 6.20 Å². The molecular formula is C17H18F3N3O2. The number of aromatic amines is 1. The van der Waals surface area contributed by atoms with Crippen LogP contribution in [0.5, 0.6) is 0 Å². The zero-order valence-electron chi connectivity index (χ0n) is 13.3. The Morgan fingerprint density at radius 1 is 1.36 bits per heavy atom. The number of benzene rings is 1. The minimum Gasteiger partial charge on any atom is -0.391 e. The highest BCUT2D eigenvalue weighted by Gasteiger charge is 2.41. The summed E-state index contributed by atoms with van der Waals surface area (Å²) in [5.74, 6) is -0.284. The molecule has 2 aromatic rings. The van der Waals surface area contributed by atoms with Crippen LogP contribution in [0.4, 0.5) is 13.2 Å². The summed E-state index contributed by atoms with van der Waals surface area (Å²) >= 11 is 0. The molecule has 5 nitrogen and oxygen atoms in total. The summed E-state index contributed by atoms with van der Waals surface area (Å²) in [7, 11) is 0. The molecule has 134 valence electrons. The molecule has 2 N–H and O–H groups in total. The molecule has 0 bridgehead atoms. The molecule has 25 heavy (non-hydrogen) atoms. The lowest BCUT2D eigenvalue weighted by Gasteiger charge is -2.27. The molecule has 1 amide bonds. The van der Waals surface area contributed by atoms with Crippen molar-refractivity contribution in [3.63, 3.8) is 0 Å². The standard InChI is InChI=1S/C17H18F3N3O2/c18-17(19,20)14-4-2-1-3-13(14)15-7-12(24)9-23(15)16(25)6-5-11-8-21-10-22-11/h1-4,8,10,12,15,24H,5-7,9H2,(H,21,22)/t12-,15-/m0/s1. The summed E-state index contributed by atoms with van der Waals surface area (Å²) in [6.07, 6.45) is -1.58. The van der Waals surface area contributed by atoms with Crippen molar-refractivity contribution in [2.75, 3.05) is 6.54 Å². The topological polar surface area (TPSA) is 69.2 Å². The number of nitrogens with zero attached hydrogens (tertiary/aromatic N) is 2. The van der Waals surface area contributed by atoms with Gasteiger partial charge in [0.15, 0.2) is 0 Å². The average molecular weight is 353 g/mol. The number of aliphatic hydroxyl groups is 1. The number of aliphatic hydroxyl groups excluding tert-OH is 1.